The minimum atomic E-state index is -4.31. The fourth-order valence-electron chi connectivity index (χ4n) is 1.74. The van der Waals surface area contributed by atoms with Gasteiger partial charge in [0, 0.05) is 23.3 Å². The molecule has 0 aliphatic rings. The molecule has 3 nitrogen and oxygen atoms in total. The van der Waals surface area contributed by atoms with Crippen molar-refractivity contribution in [3.63, 3.8) is 0 Å². The van der Waals surface area contributed by atoms with Crippen molar-refractivity contribution >= 4 is 17.2 Å². The van der Waals surface area contributed by atoms with Gasteiger partial charge in [-0.3, -0.25) is 4.79 Å². The fourth-order valence-corrected chi connectivity index (χ4v) is 2.59. The molecule has 0 spiro atoms. The number of halogens is 3. The number of rotatable bonds is 5. The smallest absolute Gasteiger partial charge is 0.366 e. The lowest BCUT2D eigenvalue weighted by Gasteiger charge is -2.08. The highest BCUT2D eigenvalue weighted by Gasteiger charge is 2.29. The Morgan fingerprint density at radius 3 is 2.38 bits per heavy atom. The van der Waals surface area contributed by atoms with Gasteiger partial charge in [-0.25, -0.2) is 0 Å². The molecule has 0 unspecified atom stereocenters. The van der Waals surface area contributed by atoms with E-state index < -0.39 is 17.6 Å². The summed E-state index contributed by atoms with van der Waals surface area (Å²) in [5.74, 6) is -0.472. The fraction of sp³-hybridized carbons (Fsp3) is 0.214. The molecule has 0 aliphatic heterocycles. The average Bonchev–Trinajstić information content (AvgIpc) is 2.87. The first kappa shape index (κ1) is 15.5. The standard InChI is InChI=1S/C14H13F3N2OS/c15-14(16,17)11-3-1-9(2-4-11)6-19-7-12-5-10(8-21-12)13(18)20/h1-5,8,19H,6-7H2,(H2,18,20). The Kier molecular flexibility index (Phi) is 4.64. The number of hydrogen-bond donors (Lipinski definition) is 2. The highest BCUT2D eigenvalue weighted by molar-refractivity contribution is 7.10. The third kappa shape index (κ3) is 4.30. The van der Waals surface area contributed by atoms with E-state index in [2.05, 4.69) is 5.32 Å². The molecule has 1 aromatic heterocycles. The molecule has 7 heteroatoms. The van der Waals surface area contributed by atoms with E-state index in [4.69, 9.17) is 5.73 Å². The van der Waals surface area contributed by atoms with Crippen LogP contribution in [0.15, 0.2) is 35.7 Å². The number of carbonyl (C=O) groups excluding carboxylic acids is 1. The van der Waals surface area contributed by atoms with E-state index >= 15 is 0 Å². The lowest BCUT2D eigenvalue weighted by atomic mass is 10.1. The van der Waals surface area contributed by atoms with Crippen molar-refractivity contribution in [2.75, 3.05) is 0 Å². The average molecular weight is 314 g/mol. The van der Waals surface area contributed by atoms with Crippen LogP contribution < -0.4 is 11.1 Å². The van der Waals surface area contributed by atoms with Crippen LogP contribution in [0.2, 0.25) is 0 Å². The summed E-state index contributed by atoms with van der Waals surface area (Å²) < 4.78 is 37.2. The summed E-state index contributed by atoms with van der Waals surface area (Å²) in [5, 5.41) is 4.78. The normalized spacial score (nSPS) is 11.6. The Bertz CT molecular complexity index is 620. The van der Waals surface area contributed by atoms with Crippen LogP contribution in [-0.4, -0.2) is 5.91 Å². The van der Waals surface area contributed by atoms with Crippen LogP contribution >= 0.6 is 11.3 Å². The van der Waals surface area contributed by atoms with Crippen molar-refractivity contribution < 1.29 is 18.0 Å². The van der Waals surface area contributed by atoms with Crippen LogP contribution in [-0.2, 0) is 19.3 Å². The summed E-state index contributed by atoms with van der Waals surface area (Å²) in [6.45, 7) is 0.973. The number of carbonyl (C=O) groups is 1. The van der Waals surface area contributed by atoms with Gasteiger partial charge in [-0.2, -0.15) is 13.2 Å². The molecule has 1 aromatic carbocycles. The van der Waals surface area contributed by atoms with E-state index in [0.29, 0.717) is 18.7 Å². The second-order valence-corrected chi connectivity index (χ2v) is 5.46. The van der Waals surface area contributed by atoms with E-state index in [0.717, 1.165) is 22.6 Å². The highest BCUT2D eigenvalue weighted by atomic mass is 32.1. The predicted octanol–water partition coefficient (Wildman–Crippen LogP) is 3.16. The van der Waals surface area contributed by atoms with Gasteiger partial charge in [-0.15, -0.1) is 11.3 Å². The van der Waals surface area contributed by atoms with Crippen molar-refractivity contribution in [2.45, 2.75) is 19.3 Å². The number of nitrogens with two attached hydrogens (primary N) is 1. The van der Waals surface area contributed by atoms with Crippen LogP contribution in [0.3, 0.4) is 0 Å². The van der Waals surface area contributed by atoms with Gasteiger partial charge in [0.2, 0.25) is 5.91 Å². The summed E-state index contributed by atoms with van der Waals surface area (Å²) in [5.41, 5.74) is 5.72. The molecule has 112 valence electrons. The van der Waals surface area contributed by atoms with Crippen LogP contribution in [0.5, 0.6) is 0 Å². The van der Waals surface area contributed by atoms with Gasteiger partial charge in [0.25, 0.3) is 0 Å². The summed E-state index contributed by atoms with van der Waals surface area (Å²) in [4.78, 5) is 11.9. The maximum absolute atomic E-state index is 12.4. The quantitative estimate of drug-likeness (QED) is 0.891. The van der Waals surface area contributed by atoms with E-state index in [1.54, 1.807) is 11.4 Å². The zero-order valence-corrected chi connectivity index (χ0v) is 11.7. The zero-order valence-electron chi connectivity index (χ0n) is 10.9. The number of thiophene rings is 1. The molecule has 3 N–H and O–H groups in total. The van der Waals surface area contributed by atoms with Gasteiger partial charge in [-0.1, -0.05) is 12.1 Å². The lowest BCUT2D eigenvalue weighted by Crippen LogP contribution is -2.13. The Morgan fingerprint density at radius 1 is 1.19 bits per heavy atom. The SMILES string of the molecule is NC(=O)c1csc(CNCc2ccc(C(F)(F)F)cc2)c1. The molecule has 0 atom stereocenters. The minimum Gasteiger partial charge on any atom is -0.366 e. The largest absolute Gasteiger partial charge is 0.416 e. The molecule has 0 bridgehead atoms. The maximum Gasteiger partial charge on any atom is 0.416 e. The molecule has 21 heavy (non-hydrogen) atoms. The molecule has 0 saturated carbocycles. The Morgan fingerprint density at radius 2 is 1.86 bits per heavy atom. The van der Waals surface area contributed by atoms with Gasteiger partial charge in [0.15, 0.2) is 0 Å². The Balaban J connectivity index is 1.87. The maximum atomic E-state index is 12.4. The van der Waals surface area contributed by atoms with Gasteiger partial charge in [0.05, 0.1) is 11.1 Å². The molecule has 2 rings (SSSR count). The number of hydrogen-bond acceptors (Lipinski definition) is 3. The van der Waals surface area contributed by atoms with Crippen molar-refractivity contribution in [1.82, 2.24) is 5.32 Å². The lowest BCUT2D eigenvalue weighted by molar-refractivity contribution is -0.137. The van der Waals surface area contributed by atoms with Gasteiger partial charge in [0.1, 0.15) is 0 Å². The molecule has 2 aromatic rings. The summed E-state index contributed by atoms with van der Waals surface area (Å²) in [6, 6.07) is 6.71. The summed E-state index contributed by atoms with van der Waals surface area (Å²) in [6.07, 6.45) is -4.31. The monoisotopic (exact) mass is 314 g/mol. The number of alkyl halides is 3. The molecule has 0 fully saturated rings. The molecule has 0 aliphatic carbocycles. The van der Waals surface area contributed by atoms with Crippen LogP contribution in [0, 0.1) is 0 Å². The third-order valence-electron chi connectivity index (χ3n) is 2.85. The number of nitrogens with one attached hydrogen (secondary N) is 1. The van der Waals surface area contributed by atoms with E-state index in [-0.39, 0.29) is 0 Å². The third-order valence-corrected chi connectivity index (χ3v) is 3.78. The molecule has 0 saturated heterocycles. The van der Waals surface area contributed by atoms with E-state index in [1.807, 2.05) is 0 Å². The van der Waals surface area contributed by atoms with Crippen LogP contribution in [0.4, 0.5) is 13.2 Å². The highest BCUT2D eigenvalue weighted by Crippen LogP contribution is 2.29. The molecular weight excluding hydrogens is 301 g/mol. The summed E-state index contributed by atoms with van der Waals surface area (Å²) >= 11 is 1.41. The minimum absolute atomic E-state index is 0.446. The first-order valence-corrected chi connectivity index (χ1v) is 6.98. The van der Waals surface area contributed by atoms with Crippen molar-refractivity contribution in [3.05, 3.63) is 57.3 Å². The molecule has 1 heterocycles. The second-order valence-electron chi connectivity index (χ2n) is 4.46. The van der Waals surface area contributed by atoms with E-state index in [9.17, 15) is 18.0 Å². The summed E-state index contributed by atoms with van der Waals surface area (Å²) in [7, 11) is 0. The molecule has 1 amide bonds. The van der Waals surface area contributed by atoms with Crippen molar-refractivity contribution in [2.24, 2.45) is 5.73 Å². The van der Waals surface area contributed by atoms with Gasteiger partial charge >= 0.3 is 6.18 Å². The van der Waals surface area contributed by atoms with Gasteiger partial charge in [-0.05, 0) is 23.8 Å². The van der Waals surface area contributed by atoms with Crippen molar-refractivity contribution in [1.29, 1.82) is 0 Å². The topological polar surface area (TPSA) is 55.1 Å². The first-order valence-electron chi connectivity index (χ1n) is 6.10. The van der Waals surface area contributed by atoms with Gasteiger partial charge < -0.3 is 11.1 Å². The number of amides is 1. The Hall–Kier alpha value is -1.86. The van der Waals surface area contributed by atoms with Crippen LogP contribution in [0.25, 0.3) is 0 Å². The second kappa shape index (κ2) is 6.28. The predicted molar refractivity (Wildman–Crippen MR) is 74.8 cm³/mol. The molecular formula is C14H13F3N2OS. The molecule has 0 radical (unpaired) electrons. The zero-order chi connectivity index (χ0) is 15.5. The van der Waals surface area contributed by atoms with E-state index in [1.165, 1.54) is 23.5 Å². The number of benzene rings is 1. The van der Waals surface area contributed by atoms with Crippen LogP contribution in [0.1, 0.15) is 26.4 Å². The van der Waals surface area contributed by atoms with Crippen molar-refractivity contribution in [3.8, 4) is 0 Å². The first-order chi connectivity index (χ1) is 9.86. The Labute approximate surface area is 123 Å². The number of primary amides is 1.